The number of carbonyl (C=O) groups is 2. The van der Waals surface area contributed by atoms with Gasteiger partial charge in [0.2, 0.25) is 5.91 Å². The number of nitrogens with two attached hydrogens (primary N) is 1. The highest BCUT2D eigenvalue weighted by Gasteiger charge is 2.11. The van der Waals surface area contributed by atoms with E-state index in [2.05, 4.69) is 10.3 Å². The molecular weight excluding hydrogens is 212 g/mol. The van der Waals surface area contributed by atoms with Gasteiger partial charge in [-0.2, -0.15) is 0 Å². The molecule has 16 heavy (non-hydrogen) atoms. The summed E-state index contributed by atoms with van der Waals surface area (Å²) in [6.45, 7) is 2.05. The van der Waals surface area contributed by atoms with Crippen molar-refractivity contribution in [3.05, 3.63) is 11.9 Å². The second-order valence-corrected chi connectivity index (χ2v) is 3.63. The van der Waals surface area contributed by atoms with Gasteiger partial charge in [0.15, 0.2) is 0 Å². The summed E-state index contributed by atoms with van der Waals surface area (Å²) in [5, 5.41) is 16.1. The minimum absolute atomic E-state index is 0.0179. The third-order valence-electron chi connectivity index (χ3n) is 2.13. The van der Waals surface area contributed by atoms with Crippen LogP contribution in [0.2, 0.25) is 0 Å². The lowest BCUT2D eigenvalue weighted by Crippen LogP contribution is -2.24. The lowest BCUT2D eigenvalue weighted by Gasteiger charge is -2.05. The number of nitrogens with zero attached hydrogens (tertiary/aromatic N) is 3. The molecule has 1 heterocycles. The first-order valence-corrected chi connectivity index (χ1v) is 4.89. The fraction of sp³-hybridized carbons (Fsp3) is 0.556. The van der Waals surface area contributed by atoms with Gasteiger partial charge < -0.3 is 10.8 Å². The molecule has 1 atom stereocenters. The Labute approximate surface area is 92.2 Å². The van der Waals surface area contributed by atoms with Gasteiger partial charge >= 0.3 is 5.97 Å². The van der Waals surface area contributed by atoms with Gasteiger partial charge in [0.25, 0.3) is 0 Å². The first kappa shape index (κ1) is 12.2. The van der Waals surface area contributed by atoms with Gasteiger partial charge in [0.1, 0.15) is 0 Å². The van der Waals surface area contributed by atoms with Crippen molar-refractivity contribution in [1.29, 1.82) is 0 Å². The smallest absolute Gasteiger partial charge is 0.303 e. The number of aromatic nitrogens is 3. The average Bonchev–Trinajstić information content (AvgIpc) is 2.62. The molecule has 0 fully saturated rings. The standard InChI is InChI=1S/C9H14N4O3/c1-6(9(10)16)4-13-5-7(11-12-13)2-3-8(14)15/h5-6H,2-4H2,1H3,(H2,10,16)(H,14,15). The van der Waals surface area contributed by atoms with Crippen molar-refractivity contribution in [2.24, 2.45) is 11.7 Å². The van der Waals surface area contributed by atoms with Crippen molar-refractivity contribution in [3.8, 4) is 0 Å². The number of primary amides is 1. The van der Waals surface area contributed by atoms with Crippen LogP contribution in [0.4, 0.5) is 0 Å². The van der Waals surface area contributed by atoms with Gasteiger partial charge in [-0.1, -0.05) is 12.1 Å². The Kier molecular flexibility index (Phi) is 3.98. The highest BCUT2D eigenvalue weighted by molar-refractivity contribution is 5.76. The highest BCUT2D eigenvalue weighted by atomic mass is 16.4. The maximum atomic E-state index is 10.8. The normalized spacial score (nSPS) is 12.3. The molecule has 0 aromatic carbocycles. The van der Waals surface area contributed by atoms with Crippen LogP contribution in [0.25, 0.3) is 0 Å². The van der Waals surface area contributed by atoms with E-state index in [1.165, 1.54) is 4.68 Å². The van der Waals surface area contributed by atoms with Crippen LogP contribution in [0.3, 0.4) is 0 Å². The van der Waals surface area contributed by atoms with Gasteiger partial charge in [0.05, 0.1) is 24.6 Å². The predicted molar refractivity (Wildman–Crippen MR) is 54.3 cm³/mol. The third kappa shape index (κ3) is 3.68. The van der Waals surface area contributed by atoms with Crippen molar-refractivity contribution in [2.45, 2.75) is 26.3 Å². The summed E-state index contributed by atoms with van der Waals surface area (Å²) in [6.07, 6.45) is 1.98. The van der Waals surface area contributed by atoms with Crippen LogP contribution in [0.15, 0.2) is 6.20 Å². The number of hydrogen-bond donors (Lipinski definition) is 2. The Morgan fingerprint density at radius 1 is 1.62 bits per heavy atom. The number of rotatable bonds is 6. The van der Waals surface area contributed by atoms with E-state index in [9.17, 15) is 9.59 Å². The molecule has 0 saturated carbocycles. The van der Waals surface area contributed by atoms with Gasteiger partial charge in [-0.15, -0.1) is 5.10 Å². The average molecular weight is 226 g/mol. The van der Waals surface area contributed by atoms with E-state index in [0.717, 1.165) is 0 Å². The topological polar surface area (TPSA) is 111 Å². The van der Waals surface area contributed by atoms with Crippen molar-refractivity contribution in [1.82, 2.24) is 15.0 Å². The molecule has 0 aliphatic rings. The van der Waals surface area contributed by atoms with E-state index in [1.807, 2.05) is 0 Å². The number of aryl methyl sites for hydroxylation is 1. The van der Waals surface area contributed by atoms with E-state index in [-0.39, 0.29) is 12.3 Å². The van der Waals surface area contributed by atoms with E-state index in [1.54, 1.807) is 13.1 Å². The molecule has 0 radical (unpaired) electrons. The molecule has 1 unspecified atom stereocenters. The summed E-state index contributed by atoms with van der Waals surface area (Å²) < 4.78 is 1.49. The van der Waals surface area contributed by atoms with Crippen molar-refractivity contribution in [3.63, 3.8) is 0 Å². The van der Waals surface area contributed by atoms with E-state index < -0.39 is 11.9 Å². The molecule has 88 valence electrons. The molecule has 1 aromatic rings. The first-order chi connectivity index (χ1) is 7.49. The maximum Gasteiger partial charge on any atom is 0.303 e. The quantitative estimate of drug-likeness (QED) is 0.673. The zero-order valence-electron chi connectivity index (χ0n) is 8.96. The van der Waals surface area contributed by atoms with Crippen LogP contribution in [0, 0.1) is 5.92 Å². The second-order valence-electron chi connectivity index (χ2n) is 3.63. The Balaban J connectivity index is 2.51. The first-order valence-electron chi connectivity index (χ1n) is 4.89. The molecule has 0 bridgehead atoms. The van der Waals surface area contributed by atoms with E-state index >= 15 is 0 Å². The van der Waals surface area contributed by atoms with Gasteiger partial charge in [-0.3, -0.25) is 14.3 Å². The van der Waals surface area contributed by atoms with E-state index in [0.29, 0.717) is 18.7 Å². The van der Waals surface area contributed by atoms with Crippen LogP contribution >= 0.6 is 0 Å². The zero-order valence-corrected chi connectivity index (χ0v) is 8.96. The second kappa shape index (κ2) is 5.24. The maximum absolute atomic E-state index is 10.8. The summed E-state index contributed by atoms with van der Waals surface area (Å²) >= 11 is 0. The molecule has 3 N–H and O–H groups in total. The SMILES string of the molecule is CC(Cn1cc(CCC(=O)O)nn1)C(N)=O. The van der Waals surface area contributed by atoms with E-state index in [4.69, 9.17) is 10.8 Å². The molecule has 1 rings (SSSR count). The number of aliphatic carboxylic acids is 1. The van der Waals surface area contributed by atoms with Crippen LogP contribution in [-0.4, -0.2) is 32.0 Å². The Bertz CT molecular complexity index is 388. The van der Waals surface area contributed by atoms with Crippen molar-refractivity contribution >= 4 is 11.9 Å². The summed E-state index contributed by atoms with van der Waals surface area (Å²) in [7, 11) is 0. The number of amides is 1. The molecule has 0 aliphatic carbocycles. The number of carboxylic acids is 1. The summed E-state index contributed by atoms with van der Waals surface area (Å²) in [4.78, 5) is 21.1. The molecule has 1 aromatic heterocycles. The lowest BCUT2D eigenvalue weighted by atomic mass is 10.2. The highest BCUT2D eigenvalue weighted by Crippen LogP contribution is 2.02. The summed E-state index contributed by atoms with van der Waals surface area (Å²) in [5.41, 5.74) is 5.71. The number of hydrogen-bond acceptors (Lipinski definition) is 4. The Morgan fingerprint density at radius 2 is 2.31 bits per heavy atom. The number of carboxylic acid groups (broad SMARTS) is 1. The monoisotopic (exact) mass is 226 g/mol. The van der Waals surface area contributed by atoms with Crippen LogP contribution in [0.5, 0.6) is 0 Å². The summed E-state index contributed by atoms with van der Waals surface area (Å²) in [6, 6.07) is 0. The minimum atomic E-state index is -0.875. The Hall–Kier alpha value is -1.92. The van der Waals surface area contributed by atoms with Crippen LogP contribution < -0.4 is 5.73 Å². The van der Waals surface area contributed by atoms with Gasteiger partial charge in [-0.05, 0) is 0 Å². The van der Waals surface area contributed by atoms with Crippen molar-refractivity contribution < 1.29 is 14.7 Å². The third-order valence-corrected chi connectivity index (χ3v) is 2.13. The van der Waals surface area contributed by atoms with Crippen LogP contribution in [0.1, 0.15) is 19.0 Å². The molecule has 7 nitrogen and oxygen atoms in total. The molecule has 0 saturated heterocycles. The van der Waals surface area contributed by atoms with Gasteiger partial charge in [0, 0.05) is 12.6 Å². The largest absolute Gasteiger partial charge is 0.481 e. The van der Waals surface area contributed by atoms with Gasteiger partial charge in [-0.25, -0.2) is 0 Å². The van der Waals surface area contributed by atoms with Crippen molar-refractivity contribution in [2.75, 3.05) is 0 Å². The molecule has 7 heteroatoms. The van der Waals surface area contributed by atoms with Crippen LogP contribution in [-0.2, 0) is 22.6 Å². The minimum Gasteiger partial charge on any atom is -0.481 e. The fourth-order valence-corrected chi connectivity index (χ4v) is 1.15. The molecule has 0 aliphatic heterocycles. The molecular formula is C9H14N4O3. The zero-order chi connectivity index (χ0) is 12.1. The summed E-state index contributed by atoms with van der Waals surface area (Å²) in [5.74, 6) is -1.60. The fourth-order valence-electron chi connectivity index (χ4n) is 1.15. The Morgan fingerprint density at radius 3 is 2.88 bits per heavy atom. The molecule has 1 amide bonds. The molecule has 0 spiro atoms. The lowest BCUT2D eigenvalue weighted by molar-refractivity contribution is -0.137. The predicted octanol–water partition coefficient (Wildman–Crippen LogP) is -0.583. The number of carbonyl (C=O) groups excluding carboxylic acids is 1.